The summed E-state index contributed by atoms with van der Waals surface area (Å²) >= 11 is 1.44. The van der Waals surface area contributed by atoms with Gasteiger partial charge in [-0.25, -0.2) is 0 Å². The average Bonchev–Trinajstić information content (AvgIpc) is 3.16. The van der Waals surface area contributed by atoms with E-state index in [2.05, 4.69) is 15.4 Å². The van der Waals surface area contributed by atoms with Gasteiger partial charge >= 0.3 is 0 Å². The molecule has 1 aliphatic rings. The van der Waals surface area contributed by atoms with Crippen molar-refractivity contribution in [1.82, 2.24) is 15.4 Å². The van der Waals surface area contributed by atoms with Gasteiger partial charge in [0, 0.05) is 31.2 Å². The highest BCUT2D eigenvalue weighted by atomic mass is 32.1. The van der Waals surface area contributed by atoms with Crippen molar-refractivity contribution in [2.45, 2.75) is 52.3 Å². The second-order valence-electron chi connectivity index (χ2n) is 7.20. The van der Waals surface area contributed by atoms with Gasteiger partial charge in [-0.1, -0.05) is 5.16 Å². The molecule has 0 saturated carbocycles. The first-order chi connectivity index (χ1) is 12.8. The summed E-state index contributed by atoms with van der Waals surface area (Å²) in [6.45, 7) is 7.05. The number of hydrogen-bond donors (Lipinski definition) is 2. The Kier molecular flexibility index (Phi) is 6.08. The number of thiophene rings is 1. The van der Waals surface area contributed by atoms with Gasteiger partial charge in [-0.05, 0) is 44.2 Å². The number of nitrogens with one attached hydrogen (secondary N) is 1. The van der Waals surface area contributed by atoms with E-state index in [1.165, 1.54) is 11.3 Å². The van der Waals surface area contributed by atoms with E-state index in [9.17, 15) is 14.7 Å². The van der Waals surface area contributed by atoms with Crippen LogP contribution in [-0.2, 0) is 17.8 Å². The van der Waals surface area contributed by atoms with Gasteiger partial charge in [0.25, 0.3) is 0 Å². The van der Waals surface area contributed by atoms with Crippen LogP contribution in [0.3, 0.4) is 0 Å². The smallest absolute Gasteiger partial charge is 0.224 e. The normalized spacial score (nSPS) is 20.6. The fraction of sp³-hybridized carbons (Fsp3) is 0.526. The minimum atomic E-state index is -0.492. The molecule has 0 spiro atoms. The predicted molar refractivity (Wildman–Crippen MR) is 102 cm³/mol. The maximum Gasteiger partial charge on any atom is 0.224 e. The Morgan fingerprint density at radius 2 is 2.19 bits per heavy atom. The molecule has 0 radical (unpaired) electrons. The number of β-amino-alcohol motifs (C(OH)–C–C–N with tert-alkyl or cyclic N) is 1. The number of hydrogen-bond acceptors (Lipinski definition) is 7. The van der Waals surface area contributed by atoms with Crippen molar-refractivity contribution in [3.8, 4) is 0 Å². The Morgan fingerprint density at radius 3 is 2.81 bits per heavy atom. The largest absolute Gasteiger partial charge is 0.392 e. The fourth-order valence-electron chi connectivity index (χ4n) is 3.49. The number of Topliss-reactive ketones (excluding diaryl/α,β-unsaturated/α-hetero) is 1. The maximum absolute atomic E-state index is 12.4. The quantitative estimate of drug-likeness (QED) is 0.730. The number of carbonyl (C=O) groups excluding carboxylic acids is 2. The highest BCUT2D eigenvalue weighted by Gasteiger charge is 2.27. The van der Waals surface area contributed by atoms with Gasteiger partial charge in [-0.15, -0.1) is 11.3 Å². The second-order valence-corrected chi connectivity index (χ2v) is 8.11. The molecule has 1 fully saturated rings. The van der Waals surface area contributed by atoms with E-state index in [0.29, 0.717) is 31.8 Å². The van der Waals surface area contributed by atoms with Crippen molar-refractivity contribution in [3.63, 3.8) is 0 Å². The lowest BCUT2D eigenvalue weighted by atomic mass is 10.0. The number of aliphatic hydroxyl groups excluding tert-OH is 1. The van der Waals surface area contributed by atoms with Gasteiger partial charge in [0.2, 0.25) is 5.91 Å². The molecule has 27 heavy (non-hydrogen) atoms. The minimum Gasteiger partial charge on any atom is -0.392 e. The Bertz CT molecular complexity index is 809. The third-order valence-electron chi connectivity index (χ3n) is 4.79. The summed E-state index contributed by atoms with van der Waals surface area (Å²) in [6.07, 6.45) is 0.265. The molecule has 0 unspecified atom stereocenters. The standard InChI is InChI=1S/C19H25N3O4S/c1-11-17(13(3)26-21-11)6-19(25)20-15-5-16(24)9-22(8-15)7-14-4-18(12(2)23)27-10-14/h4,10,15-16,24H,5-9H2,1-3H3,(H,20,25)/t15-,16+/m0/s1. The van der Waals surface area contributed by atoms with Crippen molar-refractivity contribution < 1.29 is 19.2 Å². The van der Waals surface area contributed by atoms with E-state index < -0.39 is 6.10 Å². The number of rotatable bonds is 6. The highest BCUT2D eigenvalue weighted by Crippen LogP contribution is 2.20. The van der Waals surface area contributed by atoms with Gasteiger partial charge < -0.3 is 14.9 Å². The number of nitrogens with zero attached hydrogens (tertiary/aromatic N) is 2. The summed E-state index contributed by atoms with van der Waals surface area (Å²) in [7, 11) is 0. The lowest BCUT2D eigenvalue weighted by Gasteiger charge is -2.35. The second kappa shape index (κ2) is 8.33. The van der Waals surface area contributed by atoms with Crippen LogP contribution in [0.15, 0.2) is 16.0 Å². The van der Waals surface area contributed by atoms with Gasteiger partial charge in [0.05, 0.1) is 23.1 Å². The molecule has 3 rings (SSSR count). The number of aromatic nitrogens is 1. The molecule has 2 atom stereocenters. The molecule has 0 aliphatic carbocycles. The van der Waals surface area contributed by atoms with Crippen LogP contribution in [0.4, 0.5) is 0 Å². The molecular weight excluding hydrogens is 366 g/mol. The lowest BCUT2D eigenvalue weighted by Crippen LogP contribution is -2.52. The third kappa shape index (κ3) is 5.03. The van der Waals surface area contributed by atoms with Crippen LogP contribution < -0.4 is 5.32 Å². The number of aliphatic hydroxyl groups is 1. The summed E-state index contributed by atoms with van der Waals surface area (Å²) in [5.41, 5.74) is 2.60. The lowest BCUT2D eigenvalue weighted by molar-refractivity contribution is -0.121. The summed E-state index contributed by atoms with van der Waals surface area (Å²) < 4.78 is 5.10. The molecular formula is C19H25N3O4S. The van der Waals surface area contributed by atoms with Crippen molar-refractivity contribution in [2.75, 3.05) is 13.1 Å². The number of aryl methyl sites for hydroxylation is 2. The summed E-state index contributed by atoms with van der Waals surface area (Å²) in [6, 6.07) is 1.78. The van der Waals surface area contributed by atoms with Crippen LogP contribution in [0, 0.1) is 13.8 Å². The first-order valence-electron chi connectivity index (χ1n) is 9.01. The molecule has 0 bridgehead atoms. The number of carbonyl (C=O) groups is 2. The molecule has 1 saturated heterocycles. The predicted octanol–water partition coefficient (Wildman–Crippen LogP) is 1.85. The molecule has 7 nitrogen and oxygen atoms in total. The molecule has 3 heterocycles. The number of piperidine rings is 1. The number of amides is 1. The van der Waals surface area contributed by atoms with Gasteiger partial charge in [-0.2, -0.15) is 0 Å². The first kappa shape index (κ1) is 19.7. The van der Waals surface area contributed by atoms with Crippen LogP contribution in [-0.4, -0.2) is 52.1 Å². The Balaban J connectivity index is 1.57. The molecule has 0 aromatic carbocycles. The van der Waals surface area contributed by atoms with Crippen LogP contribution in [0.5, 0.6) is 0 Å². The molecule has 146 valence electrons. The molecule has 1 aliphatic heterocycles. The van der Waals surface area contributed by atoms with Crippen LogP contribution in [0.25, 0.3) is 0 Å². The van der Waals surface area contributed by atoms with Gasteiger partial charge in [0.15, 0.2) is 5.78 Å². The SMILES string of the molecule is CC(=O)c1cc(CN2C[C@H](O)C[C@H](NC(=O)Cc3c(C)noc3C)C2)cs1. The van der Waals surface area contributed by atoms with Crippen LogP contribution >= 0.6 is 11.3 Å². The zero-order valence-corrected chi connectivity index (χ0v) is 16.6. The third-order valence-corrected chi connectivity index (χ3v) is 5.87. The van der Waals surface area contributed by atoms with E-state index in [4.69, 9.17) is 4.52 Å². The summed E-state index contributed by atoms with van der Waals surface area (Å²) in [5, 5.41) is 19.1. The number of ketones is 1. The highest BCUT2D eigenvalue weighted by molar-refractivity contribution is 7.12. The van der Waals surface area contributed by atoms with Gasteiger partial charge in [-0.3, -0.25) is 14.5 Å². The zero-order valence-electron chi connectivity index (χ0n) is 15.8. The summed E-state index contributed by atoms with van der Waals surface area (Å²) in [4.78, 5) is 26.7. The number of likely N-dealkylation sites (tertiary alicyclic amines) is 1. The van der Waals surface area contributed by atoms with E-state index in [0.717, 1.165) is 21.7 Å². The minimum absolute atomic E-state index is 0.0643. The Morgan fingerprint density at radius 1 is 1.41 bits per heavy atom. The Hall–Kier alpha value is -2.03. The molecule has 8 heteroatoms. The van der Waals surface area contributed by atoms with Gasteiger partial charge in [0.1, 0.15) is 5.76 Å². The van der Waals surface area contributed by atoms with Crippen molar-refractivity contribution in [1.29, 1.82) is 0 Å². The van der Waals surface area contributed by atoms with Crippen molar-refractivity contribution >= 4 is 23.0 Å². The van der Waals surface area contributed by atoms with Crippen molar-refractivity contribution in [2.24, 2.45) is 0 Å². The maximum atomic E-state index is 12.4. The first-order valence-corrected chi connectivity index (χ1v) is 9.89. The van der Waals surface area contributed by atoms with E-state index >= 15 is 0 Å². The molecule has 2 aromatic heterocycles. The Labute approximate surface area is 162 Å². The zero-order chi connectivity index (χ0) is 19.6. The van der Waals surface area contributed by atoms with E-state index in [1.54, 1.807) is 13.8 Å². The topological polar surface area (TPSA) is 95.7 Å². The monoisotopic (exact) mass is 391 g/mol. The fourth-order valence-corrected chi connectivity index (χ4v) is 4.30. The van der Waals surface area contributed by atoms with Crippen molar-refractivity contribution in [3.05, 3.63) is 38.9 Å². The van der Waals surface area contributed by atoms with Crippen LogP contribution in [0.1, 0.15) is 45.6 Å². The van der Waals surface area contributed by atoms with E-state index in [1.807, 2.05) is 18.4 Å². The van der Waals surface area contributed by atoms with Crippen LogP contribution in [0.2, 0.25) is 0 Å². The molecule has 2 N–H and O–H groups in total. The van der Waals surface area contributed by atoms with E-state index in [-0.39, 0.29) is 24.2 Å². The molecule has 1 amide bonds. The average molecular weight is 391 g/mol. The summed E-state index contributed by atoms with van der Waals surface area (Å²) in [5.74, 6) is 0.624. The molecule has 2 aromatic rings.